The van der Waals surface area contributed by atoms with Crippen molar-refractivity contribution in [3.8, 4) is 5.75 Å². The van der Waals surface area contributed by atoms with Crippen molar-refractivity contribution in [2.75, 3.05) is 6.61 Å². The molecule has 2 amide bonds. The number of ether oxygens (including phenoxy) is 1. The van der Waals surface area contributed by atoms with E-state index in [9.17, 15) is 9.59 Å². The first-order chi connectivity index (χ1) is 14.0. The van der Waals surface area contributed by atoms with Crippen LogP contribution in [0.5, 0.6) is 5.75 Å². The minimum absolute atomic E-state index is 0.247. The maximum absolute atomic E-state index is 12.7. The van der Waals surface area contributed by atoms with Crippen LogP contribution in [-0.2, 0) is 4.79 Å². The van der Waals surface area contributed by atoms with Crippen LogP contribution in [0.1, 0.15) is 35.7 Å². The molecule has 8 heteroatoms. The number of unbranched alkanes of at least 4 members (excludes halogenated alkanes) is 1. The summed E-state index contributed by atoms with van der Waals surface area (Å²) in [5.74, 6) is -0.146. The third-order valence-electron chi connectivity index (χ3n) is 4.05. The summed E-state index contributed by atoms with van der Waals surface area (Å²) in [6.07, 6.45) is 3.77. The molecule has 0 radical (unpaired) electrons. The molecule has 2 aromatic carbocycles. The highest BCUT2D eigenvalue weighted by atomic mass is 35.5. The maximum Gasteiger partial charge on any atom is 0.285 e. The summed E-state index contributed by atoms with van der Waals surface area (Å²) in [6, 6.07) is 14.1. The number of amides is 2. The summed E-state index contributed by atoms with van der Waals surface area (Å²) in [5, 5.41) is 1.37. The predicted octanol–water partition coefficient (Wildman–Crippen LogP) is 5.07. The molecule has 29 heavy (non-hydrogen) atoms. The minimum atomic E-state index is -0.500. The second-order valence-corrected chi connectivity index (χ2v) is 8.30. The highest BCUT2D eigenvalue weighted by Crippen LogP contribution is 2.32. The van der Waals surface area contributed by atoms with Crippen molar-refractivity contribution in [3.63, 3.8) is 0 Å². The molecule has 1 fully saturated rings. The number of hydrogen-bond donors (Lipinski definition) is 1. The van der Waals surface area contributed by atoms with E-state index in [1.54, 1.807) is 30.3 Å². The van der Waals surface area contributed by atoms with E-state index >= 15 is 0 Å². The van der Waals surface area contributed by atoms with Crippen molar-refractivity contribution in [2.45, 2.75) is 19.8 Å². The van der Waals surface area contributed by atoms with E-state index in [1.807, 2.05) is 24.3 Å². The summed E-state index contributed by atoms with van der Waals surface area (Å²) in [4.78, 5) is 25.6. The van der Waals surface area contributed by atoms with Crippen LogP contribution in [0.2, 0.25) is 5.02 Å². The van der Waals surface area contributed by atoms with Crippen LogP contribution in [0.15, 0.2) is 53.4 Å². The lowest BCUT2D eigenvalue weighted by Gasteiger charge is -2.16. The first-order valence-corrected chi connectivity index (χ1v) is 10.7. The van der Waals surface area contributed by atoms with Crippen LogP contribution < -0.4 is 10.2 Å². The fraction of sp³-hybridized carbons (Fsp3) is 0.190. The number of nitrogens with one attached hydrogen (secondary N) is 1. The predicted molar refractivity (Wildman–Crippen MR) is 121 cm³/mol. The number of nitrogens with zero attached hydrogens (tertiary/aromatic N) is 1. The van der Waals surface area contributed by atoms with Crippen LogP contribution in [0, 0.1) is 0 Å². The Morgan fingerprint density at radius 2 is 2.07 bits per heavy atom. The normalized spacial score (nSPS) is 15.1. The fourth-order valence-corrected chi connectivity index (χ4v) is 3.95. The first kappa shape index (κ1) is 21.4. The molecule has 5 nitrogen and oxygen atoms in total. The average Bonchev–Trinajstić information content (AvgIpc) is 2.96. The van der Waals surface area contributed by atoms with Gasteiger partial charge in [0.1, 0.15) is 5.75 Å². The van der Waals surface area contributed by atoms with Gasteiger partial charge < -0.3 is 4.74 Å². The highest BCUT2D eigenvalue weighted by Gasteiger charge is 2.34. The summed E-state index contributed by atoms with van der Waals surface area (Å²) in [7, 11) is 0. The Bertz CT molecular complexity index is 978. The van der Waals surface area contributed by atoms with Crippen molar-refractivity contribution < 1.29 is 14.3 Å². The van der Waals surface area contributed by atoms with E-state index in [0.717, 1.165) is 40.9 Å². The van der Waals surface area contributed by atoms with Gasteiger partial charge in [0.05, 0.1) is 22.1 Å². The molecule has 1 aliphatic rings. The zero-order chi connectivity index (χ0) is 20.8. The lowest BCUT2D eigenvalue weighted by Crippen LogP contribution is -2.44. The van der Waals surface area contributed by atoms with Gasteiger partial charge in [-0.2, -0.15) is 5.01 Å². The fourth-order valence-electron chi connectivity index (χ4n) is 2.55. The molecule has 0 bridgehead atoms. The smallest absolute Gasteiger partial charge is 0.285 e. The Kier molecular flexibility index (Phi) is 7.30. The number of benzene rings is 2. The second kappa shape index (κ2) is 9.91. The van der Waals surface area contributed by atoms with Gasteiger partial charge in [-0.05, 0) is 54.5 Å². The van der Waals surface area contributed by atoms with E-state index < -0.39 is 11.8 Å². The third kappa shape index (κ3) is 5.38. The van der Waals surface area contributed by atoms with Gasteiger partial charge in [0.2, 0.25) is 0 Å². The Balaban J connectivity index is 1.72. The topological polar surface area (TPSA) is 58.6 Å². The molecule has 0 aromatic heterocycles. The van der Waals surface area contributed by atoms with E-state index in [-0.39, 0.29) is 9.88 Å². The number of hydrogen-bond acceptors (Lipinski definition) is 5. The summed E-state index contributed by atoms with van der Waals surface area (Å²) < 4.78 is 5.95. The Hall–Kier alpha value is -2.35. The number of hydrazine groups is 1. The molecule has 1 heterocycles. The standard InChI is InChI=1S/C21H19ClN2O3S2/c1-2-3-11-27-15-8-6-7-14(12-15)13-18-20(26)24(21(28)29-18)23-19(25)16-9-4-5-10-17(16)22/h4-10,12-13H,2-3,11H2,1H3,(H,23,25)/b18-13+. The molecule has 0 atom stereocenters. The lowest BCUT2D eigenvalue weighted by atomic mass is 10.2. The van der Waals surface area contributed by atoms with Gasteiger partial charge in [0.15, 0.2) is 4.32 Å². The first-order valence-electron chi connectivity index (χ1n) is 9.06. The highest BCUT2D eigenvalue weighted by molar-refractivity contribution is 8.26. The largest absolute Gasteiger partial charge is 0.494 e. The Morgan fingerprint density at radius 1 is 1.28 bits per heavy atom. The van der Waals surface area contributed by atoms with Gasteiger partial charge in [-0.3, -0.25) is 15.0 Å². The molecular weight excluding hydrogens is 428 g/mol. The molecule has 0 unspecified atom stereocenters. The Morgan fingerprint density at radius 3 is 2.83 bits per heavy atom. The number of thiocarbonyl (C=S) groups is 1. The van der Waals surface area contributed by atoms with Crippen LogP contribution in [0.3, 0.4) is 0 Å². The maximum atomic E-state index is 12.7. The number of thioether (sulfide) groups is 1. The molecule has 1 aliphatic heterocycles. The molecule has 3 rings (SSSR count). The molecule has 1 saturated heterocycles. The third-order valence-corrected chi connectivity index (χ3v) is 5.68. The van der Waals surface area contributed by atoms with Crippen LogP contribution >= 0.6 is 35.6 Å². The van der Waals surface area contributed by atoms with Crippen LogP contribution in [-0.4, -0.2) is 27.8 Å². The van der Waals surface area contributed by atoms with E-state index in [1.165, 1.54) is 0 Å². The molecule has 1 N–H and O–H groups in total. The molecule has 0 aliphatic carbocycles. The van der Waals surface area contributed by atoms with E-state index in [2.05, 4.69) is 12.3 Å². The van der Waals surface area contributed by atoms with Crippen molar-refractivity contribution in [2.24, 2.45) is 0 Å². The van der Waals surface area contributed by atoms with E-state index in [4.69, 9.17) is 28.6 Å². The van der Waals surface area contributed by atoms with Crippen molar-refractivity contribution in [1.29, 1.82) is 0 Å². The van der Waals surface area contributed by atoms with Crippen LogP contribution in [0.25, 0.3) is 6.08 Å². The summed E-state index contributed by atoms with van der Waals surface area (Å²) in [6.45, 7) is 2.75. The van der Waals surface area contributed by atoms with Gasteiger partial charge in [0, 0.05) is 0 Å². The lowest BCUT2D eigenvalue weighted by molar-refractivity contribution is -0.123. The second-order valence-electron chi connectivity index (χ2n) is 6.21. The molecule has 150 valence electrons. The summed E-state index contributed by atoms with van der Waals surface area (Å²) >= 11 is 12.4. The van der Waals surface area contributed by atoms with Gasteiger partial charge in [0.25, 0.3) is 11.8 Å². The zero-order valence-electron chi connectivity index (χ0n) is 15.7. The molecule has 0 spiro atoms. The number of rotatable bonds is 7. The van der Waals surface area contributed by atoms with Crippen LogP contribution in [0.4, 0.5) is 0 Å². The summed E-state index contributed by atoms with van der Waals surface area (Å²) in [5.41, 5.74) is 3.61. The average molecular weight is 447 g/mol. The molecule has 2 aromatic rings. The quantitative estimate of drug-likeness (QED) is 0.365. The van der Waals surface area contributed by atoms with E-state index in [0.29, 0.717) is 16.5 Å². The number of carbonyl (C=O) groups is 2. The zero-order valence-corrected chi connectivity index (χ0v) is 18.1. The van der Waals surface area contributed by atoms with Gasteiger partial charge in [-0.25, -0.2) is 0 Å². The van der Waals surface area contributed by atoms with Gasteiger partial charge in [-0.15, -0.1) is 0 Å². The monoisotopic (exact) mass is 446 g/mol. The molecular formula is C21H19ClN2O3S2. The number of carbonyl (C=O) groups excluding carboxylic acids is 2. The van der Waals surface area contributed by atoms with Crippen molar-refractivity contribution in [3.05, 3.63) is 69.6 Å². The SMILES string of the molecule is CCCCOc1cccc(/C=C2/SC(=S)N(NC(=O)c3ccccc3Cl)C2=O)c1. The van der Waals surface area contributed by atoms with Gasteiger partial charge >= 0.3 is 0 Å². The van der Waals surface area contributed by atoms with Crippen molar-refractivity contribution in [1.82, 2.24) is 10.4 Å². The van der Waals surface area contributed by atoms with Gasteiger partial charge in [-0.1, -0.05) is 61.0 Å². The number of halogens is 1. The minimum Gasteiger partial charge on any atom is -0.494 e. The Labute approximate surface area is 184 Å². The molecule has 0 saturated carbocycles. The van der Waals surface area contributed by atoms with Crippen molar-refractivity contribution >= 4 is 57.8 Å².